The van der Waals surface area contributed by atoms with Gasteiger partial charge in [-0.05, 0) is 71.0 Å². The summed E-state index contributed by atoms with van der Waals surface area (Å²) in [6, 6.07) is 16.5. The third-order valence-electron chi connectivity index (χ3n) is 7.08. The molecule has 0 aliphatic rings. The van der Waals surface area contributed by atoms with Crippen LogP contribution in [-0.4, -0.2) is 9.97 Å². The van der Waals surface area contributed by atoms with Crippen molar-refractivity contribution in [3.05, 3.63) is 127 Å². The number of thiophene rings is 1. The molecule has 0 bridgehead atoms. The van der Waals surface area contributed by atoms with Crippen molar-refractivity contribution >= 4 is 65.7 Å². The summed E-state index contributed by atoms with van der Waals surface area (Å²) in [7, 11) is 0. The molecule has 0 atom stereocenters. The van der Waals surface area contributed by atoms with E-state index in [9.17, 15) is 31.6 Å². The van der Waals surface area contributed by atoms with Gasteiger partial charge in [0.1, 0.15) is 12.1 Å². The van der Waals surface area contributed by atoms with E-state index in [0.29, 0.717) is 10.8 Å². The molecule has 0 N–H and O–H groups in total. The summed E-state index contributed by atoms with van der Waals surface area (Å²) in [6.07, 6.45) is 0. The summed E-state index contributed by atoms with van der Waals surface area (Å²) in [5.74, 6) is 0. The first-order valence-corrected chi connectivity index (χ1v) is 13.9. The molecule has 0 amide bonds. The molecular weight excluding hydrogens is 605 g/mol. The van der Waals surface area contributed by atoms with E-state index in [1.165, 1.54) is 23.5 Å². The Bertz CT molecular complexity index is 2840. The Labute approximate surface area is 275 Å². The molecule has 0 fully saturated rings. The van der Waals surface area contributed by atoms with Gasteiger partial charge in [0.15, 0.2) is 0 Å². The van der Waals surface area contributed by atoms with Crippen LogP contribution in [0.3, 0.4) is 0 Å². The highest BCUT2D eigenvalue weighted by atomic mass is 32.1. The van der Waals surface area contributed by atoms with Crippen molar-refractivity contribution < 1.29 is 5.48 Å². The molecule has 0 aliphatic heterocycles. The fourth-order valence-electron chi connectivity index (χ4n) is 5.01. The number of hydrogen-bond acceptors (Lipinski definition) is 9. The van der Waals surface area contributed by atoms with Crippen molar-refractivity contribution in [3.63, 3.8) is 0 Å². The van der Waals surface area contributed by atoms with Crippen LogP contribution in [0, 0.1) is 81.1 Å². The topological polar surface area (TPSA) is 177 Å². The van der Waals surface area contributed by atoms with E-state index < -0.39 is 57.8 Å². The minimum Gasteiger partial charge on any atom is -0.245 e. The normalized spacial score (nSPS) is 12.7. The van der Waals surface area contributed by atoms with Gasteiger partial charge in [-0.2, -0.15) is 31.6 Å². The number of benzene rings is 3. The second kappa shape index (κ2) is 11.6. The molecular formula is C36H10N10S. The van der Waals surface area contributed by atoms with Crippen molar-refractivity contribution in [2.45, 2.75) is 0 Å². The van der Waals surface area contributed by atoms with Crippen molar-refractivity contribution in [1.82, 2.24) is 9.97 Å². The van der Waals surface area contributed by atoms with E-state index in [1.807, 2.05) is 23.6 Å². The van der Waals surface area contributed by atoms with E-state index in [-0.39, 0.29) is 44.0 Å². The lowest BCUT2D eigenvalue weighted by atomic mass is 9.98. The van der Waals surface area contributed by atoms with Crippen LogP contribution in [0.4, 0.5) is 11.4 Å². The zero-order chi connectivity index (χ0) is 36.7. The molecule has 0 spiro atoms. The fraction of sp³-hybridized carbons (Fsp3) is 0. The standard InChI is InChI=1S/C36H10N10S/c1-43-32-11-19(9-21(13-37)28(32)17-41)26(15-39)30-5-3-23-24-7-8-47-36(24)25-4-6-31(46-35(25)34(23)45-30)27(16-40)20-10-22(14-38)29(18-42)33(12-20)44-2/h3-12H/b30-26+,31-27+/i9D,10D,11D,12D. The lowest BCUT2D eigenvalue weighted by Gasteiger charge is -2.08. The Hall–Kier alpha value is -7.90. The first-order valence-electron chi connectivity index (χ1n) is 15.0. The second-order valence-corrected chi connectivity index (χ2v) is 10.4. The first-order chi connectivity index (χ1) is 24.6. The number of nitriles is 6. The highest BCUT2D eigenvalue weighted by molar-refractivity contribution is 7.18. The SMILES string of the molecule is [2H]c1c(C#N)c(C#N)c([N+]#[C-])c([2H])c1/C(C#N)=c1\ccc2c3ccsc3c3cc/c(=C(/C#N)c4c([2H])c(C#N)c(C#N)c([N+]#[C-])c4[2H])nc3c2n1. The predicted octanol–water partition coefficient (Wildman–Crippen LogP) is 6.03. The number of rotatable bonds is 2. The van der Waals surface area contributed by atoms with Crippen molar-refractivity contribution in [2.24, 2.45) is 0 Å². The Morgan fingerprint density at radius 3 is 1.57 bits per heavy atom. The second-order valence-electron chi connectivity index (χ2n) is 9.44. The smallest absolute Gasteiger partial charge is 0.206 e. The lowest BCUT2D eigenvalue weighted by molar-refractivity contribution is 1.27. The number of aromatic nitrogens is 2. The zero-order valence-corrected chi connectivity index (χ0v) is 24.2. The quantitative estimate of drug-likeness (QED) is 0.167. The molecule has 3 heterocycles. The van der Waals surface area contributed by atoms with E-state index in [4.69, 9.17) is 28.6 Å². The van der Waals surface area contributed by atoms with Crippen molar-refractivity contribution in [3.8, 4) is 36.4 Å². The molecule has 0 saturated carbocycles. The van der Waals surface area contributed by atoms with Crippen LogP contribution in [0.2, 0.25) is 0 Å². The molecule has 3 aromatic heterocycles. The molecule has 0 radical (unpaired) electrons. The van der Waals surface area contributed by atoms with Gasteiger partial charge in [0.25, 0.3) is 0 Å². The van der Waals surface area contributed by atoms with Crippen LogP contribution < -0.4 is 10.7 Å². The maximum Gasteiger partial charge on any atom is 0.206 e. The van der Waals surface area contributed by atoms with Gasteiger partial charge in [0, 0.05) is 23.6 Å². The molecule has 6 aromatic rings. The van der Waals surface area contributed by atoms with Gasteiger partial charge in [-0.3, -0.25) is 0 Å². The summed E-state index contributed by atoms with van der Waals surface area (Å²) in [5, 5.41) is 63.0. The Morgan fingerprint density at radius 1 is 0.638 bits per heavy atom. The van der Waals surface area contributed by atoms with Crippen LogP contribution in [-0.2, 0) is 0 Å². The van der Waals surface area contributed by atoms with Crippen LogP contribution in [0.5, 0.6) is 0 Å². The summed E-state index contributed by atoms with van der Waals surface area (Å²) < 4.78 is 35.3. The predicted molar refractivity (Wildman–Crippen MR) is 172 cm³/mol. The summed E-state index contributed by atoms with van der Waals surface area (Å²) >= 11 is 1.40. The van der Waals surface area contributed by atoms with Crippen LogP contribution >= 0.6 is 11.3 Å². The van der Waals surface area contributed by atoms with Gasteiger partial charge in [0.05, 0.1) is 95.3 Å². The molecule has 0 saturated heterocycles. The lowest BCUT2D eigenvalue weighted by Crippen LogP contribution is -2.14. The summed E-state index contributed by atoms with van der Waals surface area (Å²) in [6.45, 7) is 15.1. The van der Waals surface area contributed by atoms with Crippen LogP contribution in [0.1, 0.15) is 38.9 Å². The van der Waals surface area contributed by atoms with Gasteiger partial charge in [-0.1, -0.05) is 0 Å². The molecule has 210 valence electrons. The molecule has 3 aromatic carbocycles. The Kier molecular flexibility index (Phi) is 6.08. The molecule has 11 heteroatoms. The first kappa shape index (κ1) is 24.5. The van der Waals surface area contributed by atoms with Gasteiger partial charge in [-0.25, -0.2) is 19.7 Å². The largest absolute Gasteiger partial charge is 0.245 e. The van der Waals surface area contributed by atoms with Crippen LogP contribution in [0.25, 0.3) is 52.7 Å². The molecule has 0 unspecified atom stereocenters. The highest BCUT2D eigenvalue weighted by Crippen LogP contribution is 2.36. The monoisotopic (exact) mass is 618 g/mol. The zero-order valence-electron chi connectivity index (χ0n) is 27.3. The van der Waals surface area contributed by atoms with Gasteiger partial charge >= 0.3 is 0 Å². The average molecular weight is 619 g/mol. The minimum atomic E-state index is -0.592. The molecule has 0 aliphatic carbocycles. The number of hydrogen-bond donors (Lipinski definition) is 0. The fourth-order valence-corrected chi connectivity index (χ4v) is 5.95. The summed E-state index contributed by atoms with van der Waals surface area (Å²) in [5.41, 5.74) is -3.72. The Balaban J connectivity index is 1.81. The van der Waals surface area contributed by atoms with E-state index in [0.717, 1.165) is 10.1 Å². The van der Waals surface area contributed by atoms with E-state index in [2.05, 4.69) is 9.69 Å². The maximum absolute atomic E-state index is 10.3. The third kappa shape index (κ3) is 4.58. The van der Waals surface area contributed by atoms with Gasteiger partial charge in [0.2, 0.25) is 11.4 Å². The number of nitrogens with zero attached hydrogens (tertiary/aromatic N) is 10. The van der Waals surface area contributed by atoms with Gasteiger partial charge in [-0.15, -0.1) is 11.3 Å². The molecule has 47 heavy (non-hydrogen) atoms. The van der Waals surface area contributed by atoms with Crippen molar-refractivity contribution in [2.75, 3.05) is 0 Å². The summed E-state index contributed by atoms with van der Waals surface area (Å²) in [4.78, 5) is 15.9. The number of pyridine rings is 2. The third-order valence-corrected chi connectivity index (χ3v) is 8.03. The van der Waals surface area contributed by atoms with Crippen LogP contribution in [0.15, 0.2) is 59.9 Å². The van der Waals surface area contributed by atoms with Crippen molar-refractivity contribution in [1.29, 1.82) is 31.6 Å². The average Bonchev–Trinajstić information content (AvgIpc) is 3.65. The molecule has 6 rings (SSSR count). The Morgan fingerprint density at radius 2 is 1.13 bits per heavy atom. The number of fused-ring (bicyclic) bond motifs is 6. The van der Waals surface area contributed by atoms with E-state index >= 15 is 0 Å². The van der Waals surface area contributed by atoms with E-state index in [1.54, 1.807) is 36.4 Å². The highest BCUT2D eigenvalue weighted by Gasteiger charge is 2.18. The molecule has 10 nitrogen and oxygen atoms in total. The minimum absolute atomic E-state index is 0.0419. The van der Waals surface area contributed by atoms with Gasteiger partial charge < -0.3 is 0 Å². The maximum atomic E-state index is 10.3.